The molecule has 2 atom stereocenters. The fourth-order valence-electron chi connectivity index (χ4n) is 2.57. The minimum atomic E-state index is 0.225. The molecule has 1 aromatic rings. The molecule has 1 aliphatic heterocycles. The van der Waals surface area contributed by atoms with Crippen LogP contribution in [0.3, 0.4) is 0 Å². The van der Waals surface area contributed by atoms with Crippen LogP contribution in [-0.2, 0) is 6.54 Å². The zero-order valence-electron chi connectivity index (χ0n) is 10.1. The molecule has 3 N–H and O–H groups in total. The number of nitrogens with two attached hydrogens (primary N) is 1. The first kappa shape index (κ1) is 12.7. The molecule has 2 rings (SSSR count). The Morgan fingerprint density at radius 3 is 2.88 bits per heavy atom. The predicted molar refractivity (Wildman–Crippen MR) is 70.2 cm³/mol. The minimum absolute atomic E-state index is 0.225. The van der Waals surface area contributed by atoms with E-state index in [0.717, 1.165) is 25.1 Å². The van der Waals surface area contributed by atoms with Crippen molar-refractivity contribution in [3.63, 3.8) is 0 Å². The number of benzene rings is 1. The molecular formula is C13H19ClN2O. The van der Waals surface area contributed by atoms with Gasteiger partial charge in [0.1, 0.15) is 5.75 Å². The molecule has 0 aromatic heterocycles. The van der Waals surface area contributed by atoms with Crippen molar-refractivity contribution in [2.24, 2.45) is 11.7 Å². The Balaban J connectivity index is 2.10. The molecule has 0 radical (unpaired) electrons. The van der Waals surface area contributed by atoms with Crippen LogP contribution < -0.4 is 5.73 Å². The first-order valence-corrected chi connectivity index (χ1v) is 6.38. The van der Waals surface area contributed by atoms with Gasteiger partial charge in [-0.05, 0) is 24.5 Å². The van der Waals surface area contributed by atoms with Crippen molar-refractivity contribution in [2.75, 3.05) is 13.1 Å². The SMILES string of the molecule is CC1CC(N)CN(Cc2c(O)cccc2Cl)C1. The standard InChI is InChI=1S/C13H19ClN2O/c1-9-5-10(15)7-16(6-9)8-11-12(14)3-2-4-13(11)17/h2-4,9-10,17H,5-8,15H2,1H3. The summed E-state index contributed by atoms with van der Waals surface area (Å²) in [5.41, 5.74) is 6.81. The van der Waals surface area contributed by atoms with Gasteiger partial charge >= 0.3 is 0 Å². The number of likely N-dealkylation sites (tertiary alicyclic amines) is 1. The molecular weight excluding hydrogens is 236 g/mol. The Bertz CT molecular complexity index is 367. The van der Waals surface area contributed by atoms with Crippen LogP contribution in [-0.4, -0.2) is 29.1 Å². The topological polar surface area (TPSA) is 49.5 Å². The highest BCUT2D eigenvalue weighted by Gasteiger charge is 2.23. The third-order valence-corrected chi connectivity index (χ3v) is 3.60. The summed E-state index contributed by atoms with van der Waals surface area (Å²) in [4.78, 5) is 2.26. The Morgan fingerprint density at radius 2 is 2.24 bits per heavy atom. The van der Waals surface area contributed by atoms with Gasteiger partial charge < -0.3 is 10.8 Å². The summed E-state index contributed by atoms with van der Waals surface area (Å²) in [6.45, 7) is 4.76. The van der Waals surface area contributed by atoms with E-state index in [1.807, 2.05) is 6.07 Å². The molecule has 1 aliphatic rings. The van der Waals surface area contributed by atoms with Crippen molar-refractivity contribution in [1.82, 2.24) is 4.90 Å². The molecule has 3 nitrogen and oxygen atoms in total. The van der Waals surface area contributed by atoms with Crippen LogP contribution in [0.25, 0.3) is 0 Å². The number of rotatable bonds is 2. The van der Waals surface area contributed by atoms with Crippen LogP contribution in [0.4, 0.5) is 0 Å². The summed E-state index contributed by atoms with van der Waals surface area (Å²) in [5, 5.41) is 10.4. The third-order valence-electron chi connectivity index (χ3n) is 3.24. The van der Waals surface area contributed by atoms with Crippen molar-refractivity contribution in [3.8, 4) is 5.75 Å². The molecule has 0 saturated carbocycles. The van der Waals surface area contributed by atoms with E-state index < -0.39 is 0 Å². The smallest absolute Gasteiger partial charge is 0.121 e. The van der Waals surface area contributed by atoms with Gasteiger partial charge in [0.15, 0.2) is 0 Å². The maximum absolute atomic E-state index is 9.81. The second kappa shape index (κ2) is 5.25. The first-order valence-electron chi connectivity index (χ1n) is 6.00. The second-order valence-electron chi connectivity index (χ2n) is 5.03. The maximum Gasteiger partial charge on any atom is 0.121 e. The Morgan fingerprint density at radius 1 is 1.47 bits per heavy atom. The molecule has 2 unspecified atom stereocenters. The number of hydrogen-bond donors (Lipinski definition) is 2. The average molecular weight is 255 g/mol. The summed E-state index contributed by atoms with van der Waals surface area (Å²) in [7, 11) is 0. The molecule has 94 valence electrons. The summed E-state index contributed by atoms with van der Waals surface area (Å²) in [6, 6.07) is 5.47. The van der Waals surface area contributed by atoms with Crippen molar-refractivity contribution in [1.29, 1.82) is 0 Å². The summed E-state index contributed by atoms with van der Waals surface area (Å²) in [6.07, 6.45) is 1.07. The van der Waals surface area contributed by atoms with Crippen LogP contribution in [0, 0.1) is 5.92 Å². The fraction of sp³-hybridized carbons (Fsp3) is 0.538. The number of phenolic OH excluding ortho intramolecular Hbond substituents is 1. The summed E-state index contributed by atoms with van der Waals surface area (Å²) in [5.74, 6) is 0.868. The van der Waals surface area contributed by atoms with E-state index in [1.165, 1.54) is 0 Å². The number of hydrogen-bond acceptors (Lipinski definition) is 3. The van der Waals surface area contributed by atoms with E-state index in [0.29, 0.717) is 17.5 Å². The van der Waals surface area contributed by atoms with E-state index in [1.54, 1.807) is 12.1 Å². The number of nitrogens with zero attached hydrogens (tertiary/aromatic N) is 1. The van der Waals surface area contributed by atoms with Gasteiger partial charge in [0, 0.05) is 36.3 Å². The highest BCUT2D eigenvalue weighted by molar-refractivity contribution is 6.31. The average Bonchev–Trinajstić information content (AvgIpc) is 2.22. The molecule has 1 heterocycles. The molecule has 0 aliphatic carbocycles. The van der Waals surface area contributed by atoms with Crippen LogP contribution in [0.1, 0.15) is 18.9 Å². The molecule has 0 bridgehead atoms. The Hall–Kier alpha value is -0.770. The quantitative estimate of drug-likeness (QED) is 0.851. The Labute approximate surface area is 107 Å². The number of aromatic hydroxyl groups is 1. The molecule has 17 heavy (non-hydrogen) atoms. The molecule has 1 saturated heterocycles. The van der Waals surface area contributed by atoms with Crippen molar-refractivity contribution < 1.29 is 5.11 Å². The first-order chi connectivity index (χ1) is 8.06. The van der Waals surface area contributed by atoms with Crippen LogP contribution in [0.2, 0.25) is 5.02 Å². The number of piperidine rings is 1. The molecule has 0 amide bonds. The van der Waals surface area contributed by atoms with Crippen molar-refractivity contribution in [2.45, 2.75) is 25.9 Å². The highest BCUT2D eigenvalue weighted by atomic mass is 35.5. The third kappa shape index (κ3) is 3.12. The Kier molecular flexibility index (Phi) is 3.92. The lowest BCUT2D eigenvalue weighted by molar-refractivity contribution is 0.157. The molecule has 0 spiro atoms. The van der Waals surface area contributed by atoms with Gasteiger partial charge in [-0.15, -0.1) is 0 Å². The number of halogens is 1. The van der Waals surface area contributed by atoms with Crippen LogP contribution >= 0.6 is 11.6 Å². The van der Waals surface area contributed by atoms with Crippen molar-refractivity contribution >= 4 is 11.6 Å². The minimum Gasteiger partial charge on any atom is -0.508 e. The van der Waals surface area contributed by atoms with Gasteiger partial charge in [-0.25, -0.2) is 0 Å². The lowest BCUT2D eigenvalue weighted by atomic mass is 9.96. The normalized spacial score (nSPS) is 26.1. The molecule has 1 aromatic carbocycles. The zero-order valence-corrected chi connectivity index (χ0v) is 10.8. The van der Waals surface area contributed by atoms with Gasteiger partial charge in [-0.3, -0.25) is 4.90 Å². The number of phenols is 1. The zero-order chi connectivity index (χ0) is 12.4. The largest absolute Gasteiger partial charge is 0.508 e. The van der Waals surface area contributed by atoms with Crippen molar-refractivity contribution in [3.05, 3.63) is 28.8 Å². The van der Waals surface area contributed by atoms with Crippen LogP contribution in [0.15, 0.2) is 18.2 Å². The van der Waals surface area contributed by atoms with Gasteiger partial charge in [0.05, 0.1) is 0 Å². The lowest BCUT2D eigenvalue weighted by Crippen LogP contribution is -2.45. The second-order valence-corrected chi connectivity index (χ2v) is 5.44. The lowest BCUT2D eigenvalue weighted by Gasteiger charge is -2.35. The van der Waals surface area contributed by atoms with Gasteiger partial charge in [0.2, 0.25) is 0 Å². The van der Waals surface area contributed by atoms with E-state index in [4.69, 9.17) is 17.3 Å². The van der Waals surface area contributed by atoms with Gasteiger partial charge in [0.25, 0.3) is 0 Å². The van der Waals surface area contributed by atoms with Gasteiger partial charge in [-0.2, -0.15) is 0 Å². The monoisotopic (exact) mass is 254 g/mol. The summed E-state index contributed by atoms with van der Waals surface area (Å²) >= 11 is 6.10. The highest BCUT2D eigenvalue weighted by Crippen LogP contribution is 2.28. The summed E-state index contributed by atoms with van der Waals surface area (Å²) < 4.78 is 0. The van der Waals surface area contributed by atoms with E-state index in [9.17, 15) is 5.11 Å². The molecule has 4 heteroatoms. The van der Waals surface area contributed by atoms with Gasteiger partial charge in [-0.1, -0.05) is 24.6 Å². The van der Waals surface area contributed by atoms with Crippen LogP contribution in [0.5, 0.6) is 5.75 Å². The van der Waals surface area contributed by atoms with E-state index >= 15 is 0 Å². The van der Waals surface area contributed by atoms with E-state index in [-0.39, 0.29) is 11.8 Å². The maximum atomic E-state index is 9.81. The predicted octanol–water partition coefficient (Wildman–Crippen LogP) is 2.21. The van der Waals surface area contributed by atoms with E-state index in [2.05, 4.69) is 11.8 Å². The molecule has 1 fully saturated rings. The fourth-order valence-corrected chi connectivity index (χ4v) is 2.80.